The highest BCUT2D eigenvalue weighted by molar-refractivity contribution is 5.74. The van der Waals surface area contributed by atoms with Crippen molar-refractivity contribution in [3.05, 3.63) is 0 Å². The van der Waals surface area contributed by atoms with Crippen LogP contribution in [0.4, 0.5) is 4.79 Å². The average molecular weight is 296 g/mol. The predicted octanol–water partition coefficient (Wildman–Crippen LogP) is 1.36. The second kappa shape index (κ2) is 5.83. The molecule has 4 aliphatic carbocycles. The molecule has 0 heterocycles. The number of hydrogen-bond acceptors (Lipinski definition) is 3. The molecule has 0 unspecified atom stereocenters. The SMILES string of the molecule is O=C(O)COCCNC(=O)NC12CC3CC(CC(C3)C1)C2. The van der Waals surface area contributed by atoms with Crippen molar-refractivity contribution in [2.24, 2.45) is 17.8 Å². The molecule has 0 radical (unpaired) electrons. The minimum Gasteiger partial charge on any atom is -0.480 e. The predicted molar refractivity (Wildman–Crippen MR) is 75.9 cm³/mol. The minimum absolute atomic E-state index is 0.0146. The average Bonchev–Trinajstić information content (AvgIpc) is 2.35. The molecule has 0 saturated heterocycles. The van der Waals surface area contributed by atoms with Gasteiger partial charge in [0, 0.05) is 12.1 Å². The van der Waals surface area contributed by atoms with E-state index < -0.39 is 5.97 Å². The molecule has 3 N–H and O–H groups in total. The number of aliphatic carboxylic acids is 1. The fourth-order valence-corrected chi connectivity index (χ4v) is 4.94. The fraction of sp³-hybridized carbons (Fsp3) is 0.867. The summed E-state index contributed by atoms with van der Waals surface area (Å²) in [7, 11) is 0. The van der Waals surface area contributed by atoms with Crippen molar-refractivity contribution in [2.45, 2.75) is 44.1 Å². The molecule has 4 rings (SSSR count). The summed E-state index contributed by atoms with van der Waals surface area (Å²) in [6.07, 6.45) is 7.44. The molecule has 4 aliphatic rings. The number of carbonyl (C=O) groups excluding carboxylic acids is 1. The molecule has 2 amide bonds. The minimum atomic E-state index is -0.993. The Morgan fingerprint density at radius 3 is 2.19 bits per heavy atom. The molecular weight excluding hydrogens is 272 g/mol. The van der Waals surface area contributed by atoms with Gasteiger partial charge in [0.05, 0.1) is 6.61 Å². The lowest BCUT2D eigenvalue weighted by Crippen LogP contribution is -2.61. The number of nitrogens with one attached hydrogen (secondary N) is 2. The molecule has 0 aliphatic heterocycles. The lowest BCUT2D eigenvalue weighted by molar-refractivity contribution is -0.142. The second-order valence-electron chi connectivity index (χ2n) is 7.03. The number of hydrogen-bond donors (Lipinski definition) is 3. The Bertz CT molecular complexity index is 389. The Morgan fingerprint density at radius 1 is 1.10 bits per heavy atom. The molecule has 118 valence electrons. The number of carboxylic acid groups (broad SMARTS) is 1. The van der Waals surface area contributed by atoms with Crippen molar-refractivity contribution in [1.29, 1.82) is 0 Å². The third kappa shape index (κ3) is 3.48. The molecule has 21 heavy (non-hydrogen) atoms. The molecule has 4 fully saturated rings. The van der Waals surface area contributed by atoms with Gasteiger partial charge in [-0.3, -0.25) is 0 Å². The molecule has 0 aromatic heterocycles. The standard InChI is InChI=1S/C15H24N2O4/c18-13(19)9-21-2-1-16-14(20)17-15-6-10-3-11(7-15)5-12(4-10)8-15/h10-12H,1-9H2,(H,18,19)(H2,16,17,20). The summed E-state index contributed by atoms with van der Waals surface area (Å²) in [5, 5.41) is 14.4. The first-order valence-electron chi connectivity index (χ1n) is 7.90. The van der Waals surface area contributed by atoms with Gasteiger partial charge in [0.25, 0.3) is 0 Å². The largest absolute Gasteiger partial charge is 0.480 e. The van der Waals surface area contributed by atoms with Gasteiger partial charge in [0.2, 0.25) is 0 Å². The van der Waals surface area contributed by atoms with Gasteiger partial charge in [0.15, 0.2) is 0 Å². The quantitative estimate of drug-likeness (QED) is 0.646. The third-order valence-electron chi connectivity index (χ3n) is 5.17. The van der Waals surface area contributed by atoms with Crippen LogP contribution in [0.5, 0.6) is 0 Å². The van der Waals surface area contributed by atoms with Gasteiger partial charge in [-0.2, -0.15) is 0 Å². The van der Waals surface area contributed by atoms with Gasteiger partial charge in [-0.25, -0.2) is 9.59 Å². The first-order chi connectivity index (χ1) is 10.0. The van der Waals surface area contributed by atoms with Crippen LogP contribution in [-0.2, 0) is 9.53 Å². The molecule has 0 aromatic carbocycles. The first-order valence-corrected chi connectivity index (χ1v) is 7.90. The maximum Gasteiger partial charge on any atom is 0.329 e. The van der Waals surface area contributed by atoms with Crippen molar-refractivity contribution in [1.82, 2.24) is 10.6 Å². The summed E-state index contributed by atoms with van der Waals surface area (Å²) in [6.45, 7) is 0.240. The Kier molecular flexibility index (Phi) is 4.06. The normalized spacial score (nSPS) is 36.5. The van der Waals surface area contributed by atoms with Crippen LogP contribution in [-0.4, -0.2) is 42.4 Å². The summed E-state index contributed by atoms with van der Waals surface area (Å²) in [4.78, 5) is 22.3. The van der Waals surface area contributed by atoms with Gasteiger partial charge >= 0.3 is 12.0 Å². The third-order valence-corrected chi connectivity index (χ3v) is 5.17. The lowest BCUT2D eigenvalue weighted by atomic mass is 9.53. The van der Waals surface area contributed by atoms with E-state index >= 15 is 0 Å². The molecule has 0 atom stereocenters. The molecule has 4 bridgehead atoms. The van der Waals surface area contributed by atoms with Crippen molar-refractivity contribution in [2.75, 3.05) is 19.8 Å². The summed E-state index contributed by atoms with van der Waals surface area (Å²) < 4.78 is 4.90. The zero-order valence-corrected chi connectivity index (χ0v) is 12.3. The van der Waals surface area contributed by atoms with Crippen LogP contribution >= 0.6 is 0 Å². The van der Waals surface area contributed by atoms with Gasteiger partial charge < -0.3 is 20.5 Å². The molecule has 6 nitrogen and oxygen atoms in total. The van der Waals surface area contributed by atoms with E-state index in [4.69, 9.17) is 9.84 Å². The van der Waals surface area contributed by atoms with Crippen LogP contribution in [0.15, 0.2) is 0 Å². The van der Waals surface area contributed by atoms with Gasteiger partial charge in [0.1, 0.15) is 6.61 Å². The number of ether oxygens (including phenoxy) is 1. The van der Waals surface area contributed by atoms with E-state index in [1.807, 2.05) is 0 Å². The van der Waals surface area contributed by atoms with Crippen molar-refractivity contribution >= 4 is 12.0 Å². The molecule has 0 aromatic rings. The maximum absolute atomic E-state index is 12.0. The highest BCUT2D eigenvalue weighted by Gasteiger charge is 2.51. The second-order valence-corrected chi connectivity index (χ2v) is 7.03. The smallest absolute Gasteiger partial charge is 0.329 e. The van der Waals surface area contributed by atoms with Gasteiger partial charge in [-0.05, 0) is 56.3 Å². The Morgan fingerprint density at radius 2 is 1.67 bits per heavy atom. The summed E-state index contributed by atoms with van der Waals surface area (Å²) in [5.74, 6) is 1.41. The van der Waals surface area contributed by atoms with Crippen molar-refractivity contribution in [3.8, 4) is 0 Å². The number of urea groups is 1. The van der Waals surface area contributed by atoms with E-state index in [9.17, 15) is 9.59 Å². The Balaban J connectivity index is 1.41. The van der Waals surface area contributed by atoms with E-state index in [0.717, 1.165) is 37.0 Å². The summed E-state index contributed by atoms with van der Waals surface area (Å²) in [5.41, 5.74) is 0.0146. The lowest BCUT2D eigenvalue weighted by Gasteiger charge is -2.56. The van der Waals surface area contributed by atoms with E-state index in [1.165, 1.54) is 19.3 Å². The fourth-order valence-electron chi connectivity index (χ4n) is 4.94. The number of carbonyl (C=O) groups is 2. The zero-order valence-electron chi connectivity index (χ0n) is 12.3. The number of rotatable bonds is 6. The van der Waals surface area contributed by atoms with Gasteiger partial charge in [-0.15, -0.1) is 0 Å². The summed E-state index contributed by atoms with van der Waals surface area (Å²) in [6, 6.07) is -0.143. The van der Waals surface area contributed by atoms with Crippen LogP contribution in [0.2, 0.25) is 0 Å². The monoisotopic (exact) mass is 296 g/mol. The molecular formula is C15H24N2O4. The molecule has 6 heteroatoms. The van der Waals surface area contributed by atoms with Crippen molar-refractivity contribution in [3.63, 3.8) is 0 Å². The first kappa shape index (κ1) is 14.6. The van der Waals surface area contributed by atoms with E-state index in [-0.39, 0.29) is 24.8 Å². The zero-order chi connectivity index (χ0) is 14.9. The van der Waals surface area contributed by atoms with Crippen LogP contribution < -0.4 is 10.6 Å². The highest BCUT2D eigenvalue weighted by atomic mass is 16.5. The van der Waals surface area contributed by atoms with E-state index in [0.29, 0.717) is 6.54 Å². The van der Waals surface area contributed by atoms with E-state index in [2.05, 4.69) is 10.6 Å². The van der Waals surface area contributed by atoms with Crippen LogP contribution in [0.1, 0.15) is 38.5 Å². The van der Waals surface area contributed by atoms with Gasteiger partial charge in [-0.1, -0.05) is 0 Å². The van der Waals surface area contributed by atoms with E-state index in [1.54, 1.807) is 0 Å². The maximum atomic E-state index is 12.0. The van der Waals surface area contributed by atoms with Crippen LogP contribution in [0, 0.1) is 17.8 Å². The number of amides is 2. The topological polar surface area (TPSA) is 87.7 Å². The van der Waals surface area contributed by atoms with Crippen LogP contribution in [0.25, 0.3) is 0 Å². The highest BCUT2D eigenvalue weighted by Crippen LogP contribution is 2.55. The van der Waals surface area contributed by atoms with Crippen LogP contribution in [0.3, 0.4) is 0 Å². The summed E-state index contributed by atoms with van der Waals surface area (Å²) >= 11 is 0. The van der Waals surface area contributed by atoms with Crippen molar-refractivity contribution < 1.29 is 19.4 Å². The molecule has 0 spiro atoms. The Labute approximate surface area is 124 Å². The molecule has 4 saturated carbocycles. The Hall–Kier alpha value is -1.30. The number of carboxylic acids is 1.